The highest BCUT2D eigenvalue weighted by Crippen LogP contribution is 2.38. The van der Waals surface area contributed by atoms with E-state index < -0.39 is 6.72 Å². The van der Waals surface area contributed by atoms with Crippen LogP contribution in [0, 0.1) is 0 Å². The Kier molecular flexibility index (Phi) is 3.27. The summed E-state index contributed by atoms with van der Waals surface area (Å²) in [5.41, 5.74) is 0. The molecule has 1 aromatic rings. The molecule has 0 radical (unpaired) electrons. The number of methoxy groups -OCH3 is 1. The van der Waals surface area contributed by atoms with Crippen molar-refractivity contribution >= 4 is 18.5 Å². The molecule has 0 amide bonds. The van der Waals surface area contributed by atoms with Crippen LogP contribution in [-0.2, 0) is 11.8 Å². The Bertz CT molecular complexity index is 318. The topological polar surface area (TPSA) is 58.9 Å². The van der Waals surface area contributed by atoms with E-state index in [4.69, 9.17) is 14.5 Å². The van der Waals surface area contributed by atoms with Crippen LogP contribution in [0.3, 0.4) is 0 Å². The van der Waals surface area contributed by atoms with Crippen LogP contribution in [0.15, 0.2) is 24.3 Å². The summed E-state index contributed by atoms with van der Waals surface area (Å²) < 4.78 is 9.58. The monoisotopic (exact) mass is 220 g/mol. The van der Waals surface area contributed by atoms with Gasteiger partial charge in [-0.3, -0.25) is 0 Å². The van der Waals surface area contributed by atoms with Crippen molar-refractivity contribution in [1.82, 2.24) is 0 Å². The first kappa shape index (κ1) is 10.5. The molecule has 0 aliphatic carbocycles. The minimum Gasteiger partial charge on any atom is -0.497 e. The molecule has 1 rings (SSSR count). The van der Waals surface area contributed by atoms with Crippen molar-refractivity contribution in [2.45, 2.75) is 0 Å². The lowest BCUT2D eigenvalue weighted by Crippen LogP contribution is -1.89. The van der Waals surface area contributed by atoms with E-state index in [1.54, 1.807) is 31.4 Å². The van der Waals surface area contributed by atoms with Crippen LogP contribution in [0.5, 0.6) is 11.5 Å². The molecular weight excluding hydrogens is 211 g/mol. The minimum atomic E-state index is -3.62. The molecule has 0 saturated carbocycles. The Labute approximate surface area is 81.0 Å². The smallest absolute Gasteiger partial charge is 0.375 e. The van der Waals surface area contributed by atoms with Gasteiger partial charge in [0.2, 0.25) is 0 Å². The first-order chi connectivity index (χ1) is 6.01. The summed E-state index contributed by atoms with van der Waals surface area (Å²) in [5.74, 6) is 0.977. The third-order valence-electron chi connectivity index (χ3n) is 1.28. The number of ether oxygens (including phenoxy) is 1. The SMILES string of the molecule is COc1ccc(OP(O)(O)=S)cc1. The second-order valence-electron chi connectivity index (χ2n) is 2.26. The van der Waals surface area contributed by atoms with E-state index in [0.29, 0.717) is 11.5 Å². The van der Waals surface area contributed by atoms with Gasteiger partial charge in [0.25, 0.3) is 0 Å². The lowest BCUT2D eigenvalue weighted by molar-refractivity contribution is 0.369. The molecule has 0 aliphatic heterocycles. The molecule has 0 heterocycles. The van der Waals surface area contributed by atoms with Crippen LogP contribution in [0.2, 0.25) is 0 Å². The lowest BCUT2D eigenvalue weighted by Gasteiger charge is -2.09. The normalized spacial score (nSPS) is 11.0. The maximum Gasteiger partial charge on any atom is 0.375 e. The van der Waals surface area contributed by atoms with Crippen molar-refractivity contribution in [2.24, 2.45) is 0 Å². The highest BCUT2D eigenvalue weighted by atomic mass is 32.5. The molecule has 6 heteroatoms. The molecule has 72 valence electrons. The molecule has 0 aliphatic rings. The summed E-state index contributed by atoms with van der Waals surface area (Å²) in [7, 11) is 1.54. The van der Waals surface area contributed by atoms with E-state index in [0.717, 1.165) is 0 Å². The zero-order valence-electron chi connectivity index (χ0n) is 6.88. The summed E-state index contributed by atoms with van der Waals surface area (Å²) in [6.45, 7) is -3.62. The van der Waals surface area contributed by atoms with Crippen LogP contribution < -0.4 is 9.26 Å². The van der Waals surface area contributed by atoms with Crippen LogP contribution in [0.1, 0.15) is 0 Å². The Morgan fingerprint density at radius 1 is 1.15 bits per heavy atom. The Balaban J connectivity index is 2.76. The van der Waals surface area contributed by atoms with E-state index in [2.05, 4.69) is 16.3 Å². The van der Waals surface area contributed by atoms with E-state index in [1.807, 2.05) is 0 Å². The predicted molar refractivity (Wildman–Crippen MR) is 52.3 cm³/mol. The summed E-state index contributed by atoms with van der Waals surface area (Å²) in [6.07, 6.45) is 0. The quantitative estimate of drug-likeness (QED) is 0.751. The molecule has 0 spiro atoms. The van der Waals surface area contributed by atoms with E-state index in [9.17, 15) is 0 Å². The maximum atomic E-state index is 8.83. The number of hydrogen-bond acceptors (Lipinski definition) is 3. The molecule has 2 N–H and O–H groups in total. The van der Waals surface area contributed by atoms with Gasteiger partial charge in [-0.1, -0.05) is 0 Å². The average Bonchev–Trinajstić information content (AvgIpc) is 2.03. The zero-order chi connectivity index (χ0) is 9.90. The summed E-state index contributed by atoms with van der Waals surface area (Å²) in [5, 5.41) is 0. The molecule has 0 atom stereocenters. The van der Waals surface area contributed by atoms with Gasteiger partial charge in [0, 0.05) is 11.8 Å². The predicted octanol–water partition coefficient (Wildman–Crippen LogP) is 1.28. The molecule has 0 saturated heterocycles. The van der Waals surface area contributed by atoms with Crippen LogP contribution in [0.25, 0.3) is 0 Å². The fraction of sp³-hybridized carbons (Fsp3) is 0.143. The van der Waals surface area contributed by atoms with Gasteiger partial charge in [0.05, 0.1) is 7.11 Å². The van der Waals surface area contributed by atoms with Gasteiger partial charge in [-0.15, -0.1) is 0 Å². The van der Waals surface area contributed by atoms with Gasteiger partial charge in [0.15, 0.2) is 0 Å². The van der Waals surface area contributed by atoms with E-state index >= 15 is 0 Å². The molecule has 0 unspecified atom stereocenters. The van der Waals surface area contributed by atoms with Crippen LogP contribution in [0.4, 0.5) is 0 Å². The maximum absolute atomic E-state index is 8.83. The molecular formula is C7H9O4PS. The molecule has 4 nitrogen and oxygen atoms in total. The van der Waals surface area contributed by atoms with Gasteiger partial charge in [-0.2, -0.15) is 0 Å². The van der Waals surface area contributed by atoms with Gasteiger partial charge in [-0.05, 0) is 24.3 Å². The highest BCUT2D eigenvalue weighted by Gasteiger charge is 2.09. The third-order valence-corrected chi connectivity index (χ3v) is 1.96. The first-order valence-electron chi connectivity index (χ1n) is 3.40. The molecule has 0 bridgehead atoms. The molecule has 0 fully saturated rings. The Morgan fingerprint density at radius 3 is 2.00 bits per heavy atom. The first-order valence-corrected chi connectivity index (χ1v) is 6.03. The van der Waals surface area contributed by atoms with Crippen molar-refractivity contribution in [1.29, 1.82) is 0 Å². The number of rotatable bonds is 3. The van der Waals surface area contributed by atoms with Gasteiger partial charge < -0.3 is 19.0 Å². The highest BCUT2D eigenvalue weighted by molar-refractivity contribution is 8.06. The Morgan fingerprint density at radius 2 is 1.62 bits per heavy atom. The standard InChI is InChI=1S/C7H9O4PS/c1-10-6-2-4-7(5-3-6)11-12(8,9)13/h2-5H,1H3,(H2,8,9,13). The Hall–Kier alpha value is -0.610. The van der Waals surface area contributed by atoms with Crippen LogP contribution in [-0.4, -0.2) is 16.9 Å². The van der Waals surface area contributed by atoms with Crippen molar-refractivity contribution in [3.8, 4) is 11.5 Å². The van der Waals surface area contributed by atoms with Crippen LogP contribution >= 0.6 is 6.72 Å². The minimum absolute atomic E-state index is 0.314. The fourth-order valence-electron chi connectivity index (χ4n) is 0.774. The van der Waals surface area contributed by atoms with E-state index in [1.165, 1.54) is 0 Å². The molecule has 1 aromatic carbocycles. The second-order valence-corrected chi connectivity index (χ2v) is 4.85. The average molecular weight is 220 g/mol. The van der Waals surface area contributed by atoms with Crippen molar-refractivity contribution in [3.05, 3.63) is 24.3 Å². The van der Waals surface area contributed by atoms with Gasteiger partial charge >= 0.3 is 6.72 Å². The largest absolute Gasteiger partial charge is 0.497 e. The van der Waals surface area contributed by atoms with Crippen molar-refractivity contribution in [2.75, 3.05) is 7.11 Å². The number of hydrogen-bond donors (Lipinski definition) is 2. The lowest BCUT2D eigenvalue weighted by atomic mass is 10.3. The number of benzene rings is 1. The molecule has 13 heavy (non-hydrogen) atoms. The zero-order valence-corrected chi connectivity index (χ0v) is 8.59. The fourth-order valence-corrected chi connectivity index (χ4v) is 1.43. The summed E-state index contributed by atoms with van der Waals surface area (Å²) in [6, 6.07) is 6.37. The summed E-state index contributed by atoms with van der Waals surface area (Å²) >= 11 is 4.30. The van der Waals surface area contributed by atoms with Crippen molar-refractivity contribution < 1.29 is 19.0 Å². The summed E-state index contributed by atoms with van der Waals surface area (Å²) in [4.78, 5) is 17.7. The van der Waals surface area contributed by atoms with Gasteiger partial charge in [-0.25, -0.2) is 0 Å². The van der Waals surface area contributed by atoms with Crippen molar-refractivity contribution in [3.63, 3.8) is 0 Å². The van der Waals surface area contributed by atoms with Gasteiger partial charge in [0.1, 0.15) is 11.5 Å². The van der Waals surface area contributed by atoms with E-state index in [-0.39, 0.29) is 0 Å². The third kappa shape index (κ3) is 3.74. The molecule has 0 aromatic heterocycles. The second kappa shape index (κ2) is 4.07.